The van der Waals surface area contributed by atoms with Crippen LogP contribution >= 0.6 is 7.60 Å². The van der Waals surface area contributed by atoms with Crippen molar-refractivity contribution in [3.8, 4) is 0 Å². The van der Waals surface area contributed by atoms with Gasteiger partial charge in [-0.1, -0.05) is 0 Å². The molecule has 0 radical (unpaired) electrons. The van der Waals surface area contributed by atoms with Gasteiger partial charge in [0.25, 0.3) is 0 Å². The highest BCUT2D eigenvalue weighted by Gasteiger charge is 2.91. The lowest BCUT2D eigenvalue weighted by molar-refractivity contribution is -0.600. The third-order valence-electron chi connectivity index (χ3n) is 6.19. The maximum atomic E-state index is 14.7. The van der Waals surface area contributed by atoms with E-state index in [1.807, 2.05) is 0 Å². The first kappa shape index (κ1) is 60.5. The number of ether oxygens (including phenoxy) is 5. The number of hydrogen-bond acceptors (Lipinski definition) is 6. The first-order valence-corrected chi connectivity index (χ1v) is 15.0. The van der Waals surface area contributed by atoms with Crippen LogP contribution in [-0.4, -0.2) is 119 Å². The molecule has 44 heteroatoms. The number of hydrogen-bond donors (Lipinski definition) is 2. The topological polar surface area (TPSA) is 104 Å². The van der Waals surface area contributed by atoms with Crippen LogP contribution in [0.3, 0.4) is 0 Å². The highest BCUT2D eigenvalue weighted by molar-refractivity contribution is 7.51. The Balaban J connectivity index is 8.02. The van der Waals surface area contributed by atoms with Gasteiger partial charge in [-0.05, 0) is 0 Å². The van der Waals surface area contributed by atoms with E-state index in [2.05, 4.69) is 0 Å². The quantitative estimate of drug-likeness (QED) is 0.103. The normalized spacial score (nSPS) is 20.7. The Labute approximate surface area is 316 Å². The SMILES string of the molecule is O=P(O)(O)CCC(F)(OC(F)(F)C(F)(OC(F)(F)C(F)(OC(F)(F)C(F)(OC(F)(F)C(F)(OC(F)(F)C(F)(F)C(F)(F)F)C(F)(F)F)C(F)(F)F)C(F)(F)F)C(F)(F)F)C(F)(F)F. The maximum absolute atomic E-state index is 14.7. The van der Waals surface area contributed by atoms with E-state index >= 15 is 0 Å². The molecule has 0 aromatic heterocycles. The van der Waals surface area contributed by atoms with E-state index < -0.39 is 123 Å². The summed E-state index contributed by atoms with van der Waals surface area (Å²) in [6.45, 7) is 0. The summed E-state index contributed by atoms with van der Waals surface area (Å²) in [7, 11) is -6.29. The van der Waals surface area contributed by atoms with Crippen molar-refractivity contribution in [3.05, 3.63) is 0 Å². The van der Waals surface area contributed by atoms with Crippen LogP contribution in [0.5, 0.6) is 0 Å². The first-order valence-electron chi connectivity index (χ1n) is 13.2. The maximum Gasteiger partial charge on any atom is 0.462 e. The molecule has 0 spiro atoms. The second-order valence-electron chi connectivity index (χ2n) is 10.9. The third kappa shape index (κ3) is 11.0. The molecular weight excluding hydrogens is 1050 g/mol. The van der Waals surface area contributed by atoms with Gasteiger partial charge in [0.1, 0.15) is 0 Å². The average molecular weight is 1060 g/mol. The van der Waals surface area contributed by atoms with E-state index in [-0.39, 0.29) is 0 Å². The molecule has 0 bridgehead atoms. The monoisotopic (exact) mass is 1060 g/mol. The van der Waals surface area contributed by atoms with Crippen LogP contribution < -0.4 is 0 Å². The summed E-state index contributed by atoms with van der Waals surface area (Å²) >= 11 is 0. The molecule has 0 heterocycles. The largest absolute Gasteiger partial charge is 0.462 e. The molecule has 0 saturated carbocycles. The van der Waals surface area contributed by atoms with Gasteiger partial charge in [0, 0.05) is 6.42 Å². The van der Waals surface area contributed by atoms with Gasteiger partial charge in [-0.3, -0.25) is 28.2 Å². The minimum Gasteiger partial charge on any atom is -0.324 e. The number of rotatable bonds is 18. The lowest BCUT2D eigenvalue weighted by atomic mass is 10.2. The Kier molecular flexibility index (Phi) is 15.5. The summed E-state index contributed by atoms with van der Waals surface area (Å²) in [5, 5.41) is 0. The smallest absolute Gasteiger partial charge is 0.324 e. The third-order valence-corrected chi connectivity index (χ3v) is 7.00. The highest BCUT2D eigenvalue weighted by Crippen LogP contribution is 2.62. The van der Waals surface area contributed by atoms with Crippen LogP contribution in [0.4, 0.5) is 154 Å². The van der Waals surface area contributed by atoms with Gasteiger partial charge in [0.05, 0.1) is 6.16 Å². The van der Waals surface area contributed by atoms with Crippen molar-refractivity contribution < 1.29 is 192 Å². The Hall–Kier alpha value is -2.50. The number of alkyl halides is 35. The van der Waals surface area contributed by atoms with Crippen molar-refractivity contribution in [2.24, 2.45) is 0 Å². The van der Waals surface area contributed by atoms with Gasteiger partial charge >= 0.3 is 110 Å². The molecule has 0 aromatic carbocycles. The summed E-state index contributed by atoms with van der Waals surface area (Å²) in [6.07, 6.45) is -104. The molecular formula is C19H6F35O8P. The fourth-order valence-electron chi connectivity index (χ4n) is 3.07. The van der Waals surface area contributed by atoms with E-state index in [0.29, 0.717) is 4.74 Å². The Bertz CT molecular complexity index is 1640. The van der Waals surface area contributed by atoms with Crippen molar-refractivity contribution in [1.29, 1.82) is 0 Å². The van der Waals surface area contributed by atoms with Crippen LogP contribution in [0, 0.1) is 0 Å². The van der Waals surface area contributed by atoms with Gasteiger partial charge in [-0.2, -0.15) is 149 Å². The summed E-state index contributed by atoms with van der Waals surface area (Å²) in [4.78, 5) is 16.8. The number of halogens is 35. The van der Waals surface area contributed by atoms with E-state index in [0.717, 1.165) is 14.2 Å². The van der Waals surface area contributed by atoms with Crippen LogP contribution in [0.2, 0.25) is 0 Å². The molecule has 0 saturated heterocycles. The van der Waals surface area contributed by atoms with Gasteiger partial charge in [-0.25, -0.2) is 4.39 Å². The van der Waals surface area contributed by atoms with E-state index in [9.17, 15) is 158 Å². The zero-order chi connectivity index (χ0) is 51.9. The van der Waals surface area contributed by atoms with E-state index in [4.69, 9.17) is 9.79 Å². The van der Waals surface area contributed by atoms with Crippen LogP contribution in [0.1, 0.15) is 6.42 Å². The molecule has 0 amide bonds. The Morgan fingerprint density at radius 3 is 0.683 bits per heavy atom. The Morgan fingerprint density at radius 1 is 0.302 bits per heavy atom. The molecule has 0 aliphatic heterocycles. The second kappa shape index (κ2) is 16.1. The van der Waals surface area contributed by atoms with Gasteiger partial charge in [0.2, 0.25) is 0 Å². The minimum absolute atomic E-state index is 0.708. The van der Waals surface area contributed by atoms with Crippen molar-refractivity contribution in [3.63, 3.8) is 0 Å². The second-order valence-corrected chi connectivity index (χ2v) is 12.7. The molecule has 0 aromatic rings. The average Bonchev–Trinajstić information content (AvgIpc) is 2.94. The summed E-state index contributed by atoms with van der Waals surface area (Å²) in [5.74, 6) is -53.2. The van der Waals surface area contributed by atoms with Crippen LogP contribution in [0.15, 0.2) is 0 Å². The zero-order valence-electron chi connectivity index (χ0n) is 26.9. The van der Waals surface area contributed by atoms with Crippen molar-refractivity contribution in [1.82, 2.24) is 0 Å². The van der Waals surface area contributed by atoms with Gasteiger partial charge < -0.3 is 9.79 Å². The lowest BCUT2D eigenvalue weighted by Crippen LogP contribution is -2.73. The minimum atomic E-state index is -9.63. The molecule has 0 rings (SSSR count). The first-order chi connectivity index (χ1) is 26.5. The molecule has 63 heavy (non-hydrogen) atoms. The molecule has 0 fully saturated rings. The predicted octanol–water partition coefficient (Wildman–Crippen LogP) is 10.9. The molecule has 2 N–H and O–H groups in total. The summed E-state index contributed by atoms with van der Waals surface area (Å²) in [6, 6.07) is 0. The fourth-order valence-corrected chi connectivity index (χ4v) is 3.65. The molecule has 0 aliphatic rings. The predicted molar refractivity (Wildman–Crippen MR) is 112 cm³/mol. The molecule has 380 valence electrons. The Morgan fingerprint density at radius 2 is 0.508 bits per heavy atom. The highest BCUT2D eigenvalue weighted by atomic mass is 31.2. The summed E-state index contributed by atoms with van der Waals surface area (Å²) in [5.41, 5.74) is 0. The summed E-state index contributed by atoms with van der Waals surface area (Å²) < 4.78 is 489. The van der Waals surface area contributed by atoms with Gasteiger partial charge in [0.15, 0.2) is 0 Å². The van der Waals surface area contributed by atoms with E-state index in [1.165, 1.54) is 0 Å². The van der Waals surface area contributed by atoms with Gasteiger partial charge in [-0.15, -0.1) is 0 Å². The molecule has 5 unspecified atom stereocenters. The van der Waals surface area contributed by atoms with Crippen LogP contribution in [-0.2, 0) is 28.2 Å². The van der Waals surface area contributed by atoms with Crippen molar-refractivity contribution >= 4 is 7.60 Å². The van der Waals surface area contributed by atoms with Crippen molar-refractivity contribution in [2.45, 2.75) is 109 Å². The molecule has 5 atom stereocenters. The lowest BCUT2D eigenvalue weighted by Gasteiger charge is -2.44. The fraction of sp³-hybridized carbons (Fsp3) is 1.00. The van der Waals surface area contributed by atoms with Crippen LogP contribution in [0.25, 0.3) is 0 Å². The standard InChI is InChI=1S/C19H6F35O8P/c20-3(9(27,28)29,1-2-63(55,56)57)58-16(47,48)5(23,11(33,34)35)60-18(51,52)7(25,13(39,40)41)62-19(53,54)8(26,14(42,43)44)61-17(49,50)6(24,12(36,37)38)59-15(45,46)4(21,22)10(30,31)32/h1-2H2,(H2,55,56,57). The van der Waals surface area contributed by atoms with Crippen molar-refractivity contribution in [2.75, 3.05) is 6.16 Å². The molecule has 8 nitrogen and oxygen atoms in total. The zero-order valence-corrected chi connectivity index (χ0v) is 27.8. The molecule has 0 aliphatic carbocycles. The van der Waals surface area contributed by atoms with E-state index in [1.54, 1.807) is 4.74 Å².